The van der Waals surface area contributed by atoms with Gasteiger partial charge in [0.25, 0.3) is 0 Å². The van der Waals surface area contributed by atoms with Crippen molar-refractivity contribution in [1.82, 2.24) is 10.6 Å². The first-order valence-corrected chi connectivity index (χ1v) is 33.6. The normalized spacial score (nSPS) is 23.6. The smallest absolute Gasteiger partial charge is 0.462 e. The molecule has 27 heteroatoms. The molecule has 0 bridgehead atoms. The van der Waals surface area contributed by atoms with Crippen molar-refractivity contribution in [2.24, 2.45) is 0 Å². The number of phosphoric acid groups is 2. The molecule has 0 aromatic carbocycles. The van der Waals surface area contributed by atoms with Crippen LogP contribution in [-0.2, 0) is 70.6 Å². The van der Waals surface area contributed by atoms with Crippen molar-refractivity contribution in [2.45, 2.75) is 313 Å². The molecule has 2 heterocycles. The van der Waals surface area contributed by atoms with E-state index in [-0.39, 0.29) is 19.3 Å². The van der Waals surface area contributed by atoms with Gasteiger partial charge in [-0.15, -0.1) is 0 Å². The number of unbranched alkanes of at least 4 members (excludes halogenated alkanes) is 20. The number of aliphatic hydroxyl groups excluding tert-OH is 4. The summed E-state index contributed by atoms with van der Waals surface area (Å²) in [4.78, 5) is 107. The van der Waals surface area contributed by atoms with Crippen LogP contribution in [0.1, 0.15) is 234 Å². The average molecular weight is 1240 g/mol. The number of carbonyl (C=O) groups is 5. The predicted molar refractivity (Wildman–Crippen MR) is 303 cm³/mol. The quantitative estimate of drug-likeness (QED) is 0.0127. The van der Waals surface area contributed by atoms with Gasteiger partial charge < -0.3 is 79.1 Å². The van der Waals surface area contributed by atoms with Gasteiger partial charge in [-0.05, 0) is 32.6 Å². The number of hydrogen-bond acceptors (Lipinski definition) is 19. The van der Waals surface area contributed by atoms with Gasteiger partial charge in [0, 0.05) is 13.3 Å². The number of esters is 3. The van der Waals surface area contributed by atoms with E-state index in [4.69, 9.17) is 37.5 Å². The molecule has 486 valence electrons. The topological polar surface area (TPSA) is 379 Å². The van der Waals surface area contributed by atoms with E-state index in [0.29, 0.717) is 19.3 Å². The Balaban J connectivity index is 2.52. The van der Waals surface area contributed by atoms with Crippen molar-refractivity contribution in [3.8, 4) is 0 Å². The van der Waals surface area contributed by atoms with Crippen LogP contribution in [0.4, 0.5) is 0 Å². The van der Waals surface area contributed by atoms with Gasteiger partial charge in [-0.2, -0.15) is 0 Å². The number of hydrogen-bond donors (Lipinski definition) is 10. The molecule has 2 rings (SSSR count). The van der Waals surface area contributed by atoms with E-state index < -0.39 is 170 Å². The van der Waals surface area contributed by atoms with Crippen molar-refractivity contribution in [3.05, 3.63) is 0 Å². The minimum atomic E-state index is -5.52. The summed E-state index contributed by atoms with van der Waals surface area (Å²) in [5.74, 6) is -4.45. The van der Waals surface area contributed by atoms with Gasteiger partial charge in [-0.3, -0.25) is 33.0 Å². The Labute approximate surface area is 491 Å². The first-order valence-electron chi connectivity index (χ1n) is 30.6. The first kappa shape index (κ1) is 76.4. The zero-order chi connectivity index (χ0) is 61.8. The number of rotatable bonds is 47. The molecule has 0 aromatic rings. The monoisotopic (exact) mass is 1230 g/mol. The number of nitrogens with one attached hydrogen (secondary N) is 2. The molecule has 83 heavy (non-hydrogen) atoms. The van der Waals surface area contributed by atoms with E-state index in [1.165, 1.54) is 33.1 Å². The van der Waals surface area contributed by atoms with Gasteiger partial charge in [0.05, 0.1) is 63.3 Å². The van der Waals surface area contributed by atoms with E-state index in [0.717, 1.165) is 109 Å². The van der Waals surface area contributed by atoms with Crippen LogP contribution in [0.2, 0.25) is 0 Å². The Morgan fingerprint density at radius 1 is 0.554 bits per heavy atom. The van der Waals surface area contributed by atoms with Crippen LogP contribution >= 0.6 is 15.6 Å². The second-order valence-electron chi connectivity index (χ2n) is 22.4. The van der Waals surface area contributed by atoms with E-state index in [2.05, 4.69) is 31.4 Å². The van der Waals surface area contributed by atoms with Gasteiger partial charge in [0.15, 0.2) is 18.7 Å². The summed E-state index contributed by atoms with van der Waals surface area (Å²) in [6.07, 6.45) is 3.74. The second kappa shape index (κ2) is 43.0. The fraction of sp³-hybridized carbons (Fsp3) is 0.911. The lowest BCUT2D eigenvalue weighted by molar-refractivity contribution is -0.285. The standard InChI is InChI=1S/C56H104N2O23P2/c1-6-9-12-15-17-19-21-24-27-29-41(62)33-47(64)57-51-45(77-50(67)34-42(63)30-26-23-14-11-8-3)35-44(76-56(51)81-83(71,72)73)38-74-55-52(54(79-49(66)32-39(4)60)53(46(37-59)78-55)80-82(68,69)70)58-48(65)36-43(75-40(5)61)31-28-25-22-20-18-16-13-10-7-2/h39,41-46,51-56,59-60,62-63H,6-38H2,1-5H3,(H,57,64)(H,58,65)(H2,68,69,70)(H2,71,72,73)/t39-,41-,42-,43-,44?,45+,46?,51?,52?,53-,54-,55-,56+/m1/s1. The Morgan fingerprint density at radius 2 is 1.01 bits per heavy atom. The molecular formula is C56H104N2O23P2. The lowest BCUT2D eigenvalue weighted by atomic mass is 9.95. The van der Waals surface area contributed by atoms with Gasteiger partial charge in [0.1, 0.15) is 36.5 Å². The number of amides is 2. The summed E-state index contributed by atoms with van der Waals surface area (Å²) in [6, 6.07) is -3.43. The molecule has 0 aromatic heterocycles. The molecule has 10 N–H and O–H groups in total. The molecule has 0 radical (unpaired) electrons. The van der Waals surface area contributed by atoms with Crippen LogP contribution in [0.3, 0.4) is 0 Å². The first-order chi connectivity index (χ1) is 39.4. The highest BCUT2D eigenvalue weighted by Gasteiger charge is 2.53. The van der Waals surface area contributed by atoms with Crippen LogP contribution in [0.5, 0.6) is 0 Å². The summed E-state index contributed by atoms with van der Waals surface area (Å²) >= 11 is 0. The summed E-state index contributed by atoms with van der Waals surface area (Å²) in [5, 5.41) is 47.5. The Bertz CT molecular complexity index is 1910. The Morgan fingerprint density at radius 3 is 1.49 bits per heavy atom. The molecule has 2 fully saturated rings. The van der Waals surface area contributed by atoms with E-state index in [1.54, 1.807) is 0 Å². The van der Waals surface area contributed by atoms with E-state index in [1.807, 2.05) is 0 Å². The van der Waals surface area contributed by atoms with E-state index in [9.17, 15) is 73.1 Å². The van der Waals surface area contributed by atoms with Crippen molar-refractivity contribution < 1.29 is 111 Å². The number of phosphoric ester groups is 2. The van der Waals surface area contributed by atoms with Crippen molar-refractivity contribution >= 4 is 45.4 Å². The molecule has 2 amide bonds. The number of aliphatic hydroxyl groups is 4. The van der Waals surface area contributed by atoms with Gasteiger partial charge in [0.2, 0.25) is 11.8 Å². The third kappa shape index (κ3) is 35.6. The summed E-state index contributed by atoms with van der Waals surface area (Å²) in [7, 11) is -11.0. The molecule has 2 aliphatic rings. The van der Waals surface area contributed by atoms with Gasteiger partial charge in [-0.1, -0.05) is 162 Å². The highest BCUT2D eigenvalue weighted by molar-refractivity contribution is 7.46. The lowest BCUT2D eigenvalue weighted by Crippen LogP contribution is -2.66. The summed E-state index contributed by atoms with van der Waals surface area (Å²) in [6.45, 7) is 7.00. The van der Waals surface area contributed by atoms with Crippen molar-refractivity contribution in [1.29, 1.82) is 0 Å². The molecule has 4 unspecified atom stereocenters. The minimum absolute atomic E-state index is 0.261. The van der Waals surface area contributed by atoms with Gasteiger partial charge >= 0.3 is 33.6 Å². The minimum Gasteiger partial charge on any atom is -0.462 e. The Hall–Kier alpha value is -2.71. The molecule has 2 saturated heterocycles. The maximum atomic E-state index is 14.1. The predicted octanol–water partition coefficient (Wildman–Crippen LogP) is 7.01. The SMILES string of the molecule is CCCCCCCCCCC[C@@H](O)CC(=O)NC1[C@H](OP(=O)(O)O)OC(CO[C@@H]2OC(CO)[C@@H](OP(=O)(O)O)[C@H](OC(=O)C[C@@H](C)O)C2NC(=O)C[C@@H](CCCCCCCCCCC)OC(C)=O)C[C@@H]1OC(=O)C[C@H](O)CCCCCCC. The van der Waals surface area contributed by atoms with E-state index >= 15 is 0 Å². The fourth-order valence-corrected chi connectivity index (χ4v) is 11.3. The lowest BCUT2D eigenvalue weighted by Gasteiger charge is -2.46. The molecule has 0 spiro atoms. The number of ether oxygens (including phenoxy) is 6. The largest absolute Gasteiger partial charge is 0.472 e. The van der Waals surface area contributed by atoms with Crippen molar-refractivity contribution in [3.63, 3.8) is 0 Å². The van der Waals surface area contributed by atoms with Gasteiger partial charge in [-0.25, -0.2) is 9.13 Å². The highest BCUT2D eigenvalue weighted by Crippen LogP contribution is 2.44. The zero-order valence-corrected chi connectivity index (χ0v) is 51.7. The molecule has 0 saturated carbocycles. The van der Waals surface area contributed by atoms with Crippen LogP contribution in [-0.4, -0.2) is 163 Å². The second-order valence-corrected chi connectivity index (χ2v) is 24.8. The number of carbonyl (C=O) groups excluding carboxylic acids is 5. The third-order valence-corrected chi connectivity index (χ3v) is 15.4. The molecule has 2 aliphatic heterocycles. The third-order valence-electron chi connectivity index (χ3n) is 14.4. The van der Waals surface area contributed by atoms with Crippen LogP contribution in [0, 0.1) is 0 Å². The van der Waals surface area contributed by atoms with Crippen LogP contribution in [0.25, 0.3) is 0 Å². The maximum Gasteiger partial charge on any atom is 0.472 e. The summed E-state index contributed by atoms with van der Waals surface area (Å²) in [5.41, 5.74) is 0. The molecule has 13 atom stereocenters. The molecule has 0 aliphatic carbocycles. The average Bonchev–Trinajstić information content (AvgIpc) is 3.59. The van der Waals surface area contributed by atoms with Crippen LogP contribution < -0.4 is 10.6 Å². The fourth-order valence-electron chi connectivity index (χ4n) is 10.3. The summed E-state index contributed by atoms with van der Waals surface area (Å²) < 4.78 is 70.2. The zero-order valence-electron chi connectivity index (χ0n) is 49.9. The molecular weight excluding hydrogens is 1130 g/mol. The van der Waals surface area contributed by atoms with Crippen molar-refractivity contribution in [2.75, 3.05) is 13.2 Å². The molecule has 25 nitrogen and oxygen atoms in total. The Kier molecular flexibility index (Phi) is 39.6. The maximum absolute atomic E-state index is 14.1. The van der Waals surface area contributed by atoms with Crippen LogP contribution in [0.15, 0.2) is 0 Å². The highest BCUT2D eigenvalue weighted by atomic mass is 31.2.